The molecule has 2 fully saturated rings. The monoisotopic (exact) mass is 215 g/mol. The zero-order valence-corrected chi connectivity index (χ0v) is 9.21. The molecule has 0 aliphatic carbocycles. The van der Waals surface area contributed by atoms with Crippen molar-refractivity contribution in [2.24, 2.45) is 0 Å². The Balaban J connectivity index is 1.54. The van der Waals surface area contributed by atoms with Gasteiger partial charge in [-0.25, -0.2) is 0 Å². The molecule has 0 radical (unpaired) electrons. The first-order valence-electron chi connectivity index (χ1n) is 5.91. The Morgan fingerprint density at radius 1 is 1.40 bits per heavy atom. The number of ether oxygens (including phenoxy) is 2. The van der Waals surface area contributed by atoms with Gasteiger partial charge in [-0.3, -0.25) is 0 Å². The predicted molar refractivity (Wildman–Crippen MR) is 56.8 cm³/mol. The third-order valence-corrected chi connectivity index (χ3v) is 3.20. The van der Waals surface area contributed by atoms with E-state index in [1.165, 1.54) is 12.8 Å². The second-order valence-electron chi connectivity index (χ2n) is 4.63. The summed E-state index contributed by atoms with van der Waals surface area (Å²) in [5.41, 5.74) is -0.628. The highest BCUT2D eigenvalue weighted by atomic mass is 16.5. The van der Waals surface area contributed by atoms with Gasteiger partial charge in [0.25, 0.3) is 0 Å². The standard InChI is InChI=1S/C11H21NO3/c13-11(4-7-14-9-11)8-12-5-3-10-2-1-6-15-10/h10,12-13H,1-9H2. The van der Waals surface area contributed by atoms with E-state index in [2.05, 4.69) is 5.32 Å². The Kier molecular flexibility index (Phi) is 3.97. The Hall–Kier alpha value is -0.160. The average Bonchev–Trinajstić information content (AvgIpc) is 2.84. The lowest BCUT2D eigenvalue weighted by Crippen LogP contribution is -2.41. The van der Waals surface area contributed by atoms with Crippen molar-refractivity contribution < 1.29 is 14.6 Å². The van der Waals surface area contributed by atoms with Crippen LogP contribution in [0.4, 0.5) is 0 Å². The lowest BCUT2D eigenvalue weighted by molar-refractivity contribution is 0.0259. The normalized spacial score (nSPS) is 36.2. The third kappa shape index (κ3) is 3.41. The van der Waals surface area contributed by atoms with Gasteiger partial charge >= 0.3 is 0 Å². The van der Waals surface area contributed by atoms with Crippen molar-refractivity contribution in [3.63, 3.8) is 0 Å². The van der Waals surface area contributed by atoms with E-state index in [-0.39, 0.29) is 0 Å². The van der Waals surface area contributed by atoms with Crippen LogP contribution in [0.3, 0.4) is 0 Å². The van der Waals surface area contributed by atoms with Gasteiger partial charge in [0.1, 0.15) is 5.60 Å². The van der Waals surface area contributed by atoms with Gasteiger partial charge in [0.05, 0.1) is 12.7 Å². The van der Waals surface area contributed by atoms with Crippen molar-refractivity contribution in [3.8, 4) is 0 Å². The van der Waals surface area contributed by atoms with Gasteiger partial charge in [0.15, 0.2) is 0 Å². The van der Waals surface area contributed by atoms with E-state index in [1.54, 1.807) is 0 Å². The second-order valence-corrected chi connectivity index (χ2v) is 4.63. The van der Waals surface area contributed by atoms with Crippen LogP contribution in [0.15, 0.2) is 0 Å². The summed E-state index contributed by atoms with van der Waals surface area (Å²) in [7, 11) is 0. The molecule has 0 amide bonds. The van der Waals surface area contributed by atoms with Crippen molar-refractivity contribution in [1.82, 2.24) is 5.32 Å². The highest BCUT2D eigenvalue weighted by Crippen LogP contribution is 2.17. The molecule has 0 bridgehead atoms. The number of hydrogen-bond donors (Lipinski definition) is 2. The molecule has 2 saturated heterocycles. The van der Waals surface area contributed by atoms with Gasteiger partial charge in [0.2, 0.25) is 0 Å². The first kappa shape index (κ1) is 11.3. The van der Waals surface area contributed by atoms with Crippen LogP contribution in [0, 0.1) is 0 Å². The van der Waals surface area contributed by atoms with Crippen LogP contribution in [-0.4, -0.2) is 49.7 Å². The average molecular weight is 215 g/mol. The van der Waals surface area contributed by atoms with Gasteiger partial charge in [-0.15, -0.1) is 0 Å². The van der Waals surface area contributed by atoms with Crippen molar-refractivity contribution in [1.29, 1.82) is 0 Å². The molecule has 2 rings (SSSR count). The van der Waals surface area contributed by atoms with Gasteiger partial charge in [-0.05, 0) is 25.8 Å². The largest absolute Gasteiger partial charge is 0.386 e. The molecule has 88 valence electrons. The molecule has 0 aromatic heterocycles. The van der Waals surface area contributed by atoms with E-state index >= 15 is 0 Å². The molecule has 2 unspecified atom stereocenters. The summed E-state index contributed by atoms with van der Waals surface area (Å²) in [6.45, 7) is 3.64. The van der Waals surface area contributed by atoms with Gasteiger partial charge < -0.3 is 19.9 Å². The molecule has 4 nitrogen and oxygen atoms in total. The Bertz CT molecular complexity index is 186. The fraction of sp³-hybridized carbons (Fsp3) is 1.00. The van der Waals surface area contributed by atoms with Crippen LogP contribution in [0.2, 0.25) is 0 Å². The first-order chi connectivity index (χ1) is 7.29. The number of nitrogens with one attached hydrogen (secondary N) is 1. The molecule has 15 heavy (non-hydrogen) atoms. The third-order valence-electron chi connectivity index (χ3n) is 3.20. The van der Waals surface area contributed by atoms with Crippen molar-refractivity contribution in [2.75, 3.05) is 32.9 Å². The molecule has 2 heterocycles. The zero-order valence-electron chi connectivity index (χ0n) is 9.21. The molecular weight excluding hydrogens is 194 g/mol. The summed E-state index contributed by atoms with van der Waals surface area (Å²) in [5, 5.41) is 13.2. The molecule has 2 N–H and O–H groups in total. The van der Waals surface area contributed by atoms with Crippen LogP contribution < -0.4 is 5.32 Å². The van der Waals surface area contributed by atoms with E-state index < -0.39 is 5.60 Å². The Morgan fingerprint density at radius 2 is 2.33 bits per heavy atom. The van der Waals surface area contributed by atoms with Crippen molar-refractivity contribution in [2.45, 2.75) is 37.4 Å². The molecule has 0 aromatic rings. The topological polar surface area (TPSA) is 50.7 Å². The Labute approximate surface area is 90.9 Å². The summed E-state index contributed by atoms with van der Waals surface area (Å²) in [4.78, 5) is 0. The van der Waals surface area contributed by atoms with Gasteiger partial charge in [0, 0.05) is 26.2 Å². The van der Waals surface area contributed by atoms with Crippen molar-refractivity contribution >= 4 is 0 Å². The number of rotatable bonds is 5. The minimum atomic E-state index is -0.628. The van der Waals surface area contributed by atoms with Crippen LogP contribution in [0.25, 0.3) is 0 Å². The highest BCUT2D eigenvalue weighted by molar-refractivity contribution is 4.84. The lowest BCUT2D eigenvalue weighted by Gasteiger charge is -2.21. The van der Waals surface area contributed by atoms with E-state index in [1.807, 2.05) is 0 Å². The molecule has 2 atom stereocenters. The Morgan fingerprint density at radius 3 is 3.00 bits per heavy atom. The molecule has 2 aliphatic rings. The highest BCUT2D eigenvalue weighted by Gasteiger charge is 2.31. The van der Waals surface area contributed by atoms with Crippen LogP contribution >= 0.6 is 0 Å². The van der Waals surface area contributed by atoms with E-state index in [0.717, 1.165) is 26.0 Å². The van der Waals surface area contributed by atoms with Gasteiger partial charge in [-0.1, -0.05) is 0 Å². The fourth-order valence-corrected chi connectivity index (χ4v) is 2.19. The number of aliphatic hydroxyl groups is 1. The van der Waals surface area contributed by atoms with E-state index in [9.17, 15) is 5.11 Å². The van der Waals surface area contributed by atoms with E-state index in [0.29, 0.717) is 25.9 Å². The van der Waals surface area contributed by atoms with Gasteiger partial charge in [-0.2, -0.15) is 0 Å². The fourth-order valence-electron chi connectivity index (χ4n) is 2.19. The summed E-state index contributed by atoms with van der Waals surface area (Å²) < 4.78 is 10.7. The summed E-state index contributed by atoms with van der Waals surface area (Å²) in [5.74, 6) is 0. The first-order valence-corrected chi connectivity index (χ1v) is 5.91. The minimum Gasteiger partial charge on any atom is -0.386 e. The smallest absolute Gasteiger partial charge is 0.102 e. The SMILES string of the molecule is OC1(CNCCC2CCCO2)CCOC1. The molecule has 2 aliphatic heterocycles. The van der Waals surface area contributed by atoms with Crippen LogP contribution in [-0.2, 0) is 9.47 Å². The molecule has 0 aromatic carbocycles. The maximum Gasteiger partial charge on any atom is 0.102 e. The number of hydrogen-bond acceptors (Lipinski definition) is 4. The second kappa shape index (κ2) is 5.25. The molecular formula is C11H21NO3. The zero-order chi connectivity index (χ0) is 10.6. The summed E-state index contributed by atoms with van der Waals surface area (Å²) >= 11 is 0. The van der Waals surface area contributed by atoms with Crippen molar-refractivity contribution in [3.05, 3.63) is 0 Å². The predicted octanol–water partition coefficient (Wildman–Crippen LogP) is 0.296. The molecule has 4 heteroatoms. The lowest BCUT2D eigenvalue weighted by atomic mass is 10.0. The maximum atomic E-state index is 9.96. The molecule has 0 saturated carbocycles. The van der Waals surface area contributed by atoms with Crippen LogP contribution in [0.1, 0.15) is 25.7 Å². The van der Waals surface area contributed by atoms with E-state index in [4.69, 9.17) is 9.47 Å². The minimum absolute atomic E-state index is 0.437. The van der Waals surface area contributed by atoms with Crippen LogP contribution in [0.5, 0.6) is 0 Å². The molecule has 0 spiro atoms. The maximum absolute atomic E-state index is 9.96. The quantitative estimate of drug-likeness (QED) is 0.648. The summed E-state index contributed by atoms with van der Waals surface area (Å²) in [6, 6.07) is 0. The summed E-state index contributed by atoms with van der Waals surface area (Å²) in [6.07, 6.45) is 4.63.